The molecule has 7 heteroatoms. The molecular weight excluding hydrogens is 454 g/mol. The van der Waals surface area contributed by atoms with E-state index in [1.54, 1.807) is 18.2 Å². The molecule has 1 amide bonds. The first-order valence-corrected chi connectivity index (χ1v) is 10.6. The summed E-state index contributed by atoms with van der Waals surface area (Å²) in [7, 11) is 0. The van der Waals surface area contributed by atoms with E-state index >= 15 is 0 Å². The Labute approximate surface area is 183 Å². The minimum atomic E-state index is -0.195. The number of aromatic nitrogens is 1. The van der Waals surface area contributed by atoms with Crippen molar-refractivity contribution in [1.29, 1.82) is 0 Å². The van der Waals surface area contributed by atoms with Crippen molar-refractivity contribution in [1.82, 2.24) is 4.98 Å². The third kappa shape index (κ3) is 4.39. The van der Waals surface area contributed by atoms with Crippen LogP contribution in [-0.2, 0) is 4.74 Å². The van der Waals surface area contributed by atoms with Crippen LogP contribution in [0.25, 0.3) is 10.9 Å². The second kappa shape index (κ2) is 8.69. The zero-order valence-corrected chi connectivity index (χ0v) is 18.3. The Hall–Kier alpha value is -2.15. The maximum atomic E-state index is 13.3. The van der Waals surface area contributed by atoms with Crippen LogP contribution in [0.5, 0.6) is 0 Å². The molecule has 1 saturated heterocycles. The minimum Gasteiger partial charge on any atom is -0.380 e. The van der Waals surface area contributed by atoms with Crippen molar-refractivity contribution in [3.05, 3.63) is 63.1 Å². The first-order chi connectivity index (χ1) is 14.0. The highest BCUT2D eigenvalue weighted by atomic mass is 79.9. The Morgan fingerprint density at radius 3 is 2.93 bits per heavy atom. The quantitative estimate of drug-likeness (QED) is 0.565. The lowest BCUT2D eigenvalue weighted by Gasteiger charge is -2.25. The molecule has 29 heavy (non-hydrogen) atoms. The van der Waals surface area contributed by atoms with Crippen LogP contribution in [0, 0.1) is 13.0 Å². The number of fused-ring (bicyclic) bond motifs is 1. The van der Waals surface area contributed by atoms with E-state index < -0.39 is 0 Å². The van der Waals surface area contributed by atoms with Crippen LogP contribution in [-0.4, -0.2) is 37.2 Å². The normalized spacial score (nSPS) is 14.7. The molecule has 0 unspecified atom stereocenters. The number of ether oxygens (including phenoxy) is 1. The Bertz CT molecular complexity index is 1050. The van der Waals surface area contributed by atoms with Gasteiger partial charge in [0.15, 0.2) is 0 Å². The zero-order chi connectivity index (χ0) is 20.4. The van der Waals surface area contributed by atoms with E-state index in [-0.39, 0.29) is 5.91 Å². The van der Waals surface area contributed by atoms with Crippen LogP contribution in [0.2, 0.25) is 5.02 Å². The maximum absolute atomic E-state index is 13.3. The number of pyridine rings is 1. The van der Waals surface area contributed by atoms with Gasteiger partial charge >= 0.3 is 0 Å². The van der Waals surface area contributed by atoms with Crippen molar-refractivity contribution >= 4 is 55.8 Å². The number of hydrogen-bond donors (Lipinski definition) is 1. The van der Waals surface area contributed by atoms with Gasteiger partial charge in [-0.2, -0.15) is 0 Å². The molecule has 1 fully saturated rings. The molecule has 3 aromatic rings. The molecule has 1 N–H and O–H groups in total. The SMILES string of the molecule is Cc1c(N2CCCOCC2)nc2ccc(Br)cc2c1C(=O)Nc1[c]cc(Cl)cc1. The van der Waals surface area contributed by atoms with Gasteiger partial charge in [0.2, 0.25) is 0 Å². The number of nitrogens with one attached hydrogen (secondary N) is 1. The fourth-order valence-electron chi connectivity index (χ4n) is 3.54. The van der Waals surface area contributed by atoms with Crippen LogP contribution >= 0.6 is 27.5 Å². The maximum Gasteiger partial charge on any atom is 0.256 e. The number of carbonyl (C=O) groups is 1. The van der Waals surface area contributed by atoms with Crippen LogP contribution in [0.4, 0.5) is 11.5 Å². The summed E-state index contributed by atoms with van der Waals surface area (Å²) in [4.78, 5) is 20.4. The summed E-state index contributed by atoms with van der Waals surface area (Å²) in [5, 5.41) is 4.32. The van der Waals surface area contributed by atoms with E-state index in [1.807, 2.05) is 25.1 Å². The number of nitrogens with zero attached hydrogens (tertiary/aromatic N) is 2. The van der Waals surface area contributed by atoms with Gasteiger partial charge in [-0.05, 0) is 49.7 Å². The summed E-state index contributed by atoms with van der Waals surface area (Å²) in [6, 6.07) is 13.9. The monoisotopic (exact) mass is 472 g/mol. The van der Waals surface area contributed by atoms with Crippen molar-refractivity contribution in [2.24, 2.45) is 0 Å². The second-order valence-electron chi connectivity index (χ2n) is 6.92. The molecule has 2 heterocycles. The van der Waals surface area contributed by atoms with E-state index in [0.717, 1.165) is 52.9 Å². The average Bonchev–Trinajstić information content (AvgIpc) is 2.98. The molecule has 0 atom stereocenters. The van der Waals surface area contributed by atoms with Crippen LogP contribution < -0.4 is 10.2 Å². The second-order valence-corrected chi connectivity index (χ2v) is 8.28. The minimum absolute atomic E-state index is 0.195. The van der Waals surface area contributed by atoms with E-state index in [1.165, 1.54) is 0 Å². The number of benzene rings is 2. The molecule has 0 saturated carbocycles. The molecular formula is C22H20BrClN3O2. The Balaban J connectivity index is 1.81. The average molecular weight is 474 g/mol. The lowest BCUT2D eigenvalue weighted by Crippen LogP contribution is -2.28. The largest absolute Gasteiger partial charge is 0.380 e. The van der Waals surface area contributed by atoms with E-state index in [9.17, 15) is 4.79 Å². The van der Waals surface area contributed by atoms with Gasteiger partial charge in [0.25, 0.3) is 5.91 Å². The summed E-state index contributed by atoms with van der Waals surface area (Å²) >= 11 is 9.45. The van der Waals surface area contributed by atoms with E-state index in [0.29, 0.717) is 22.9 Å². The standard InChI is InChI=1S/C22H20BrClN3O2/c1-14-20(22(28)25-17-6-4-16(24)5-7-17)18-13-15(23)3-8-19(18)26-21(14)27-9-2-11-29-12-10-27/h3-6,8,13H,2,9-12H2,1H3,(H,25,28). The fourth-order valence-corrected chi connectivity index (χ4v) is 4.02. The molecule has 1 radical (unpaired) electrons. The van der Waals surface area contributed by atoms with Crippen molar-refractivity contribution in [2.45, 2.75) is 13.3 Å². The van der Waals surface area contributed by atoms with E-state index in [2.05, 4.69) is 32.2 Å². The lowest BCUT2D eigenvalue weighted by atomic mass is 10.0. The third-order valence-electron chi connectivity index (χ3n) is 4.94. The molecule has 0 spiro atoms. The number of carbonyl (C=O) groups excluding carboxylic acids is 1. The summed E-state index contributed by atoms with van der Waals surface area (Å²) in [6.45, 7) is 4.95. The van der Waals surface area contributed by atoms with Crippen molar-refractivity contribution in [2.75, 3.05) is 36.5 Å². The molecule has 4 rings (SSSR count). The van der Waals surface area contributed by atoms with Gasteiger partial charge in [-0.3, -0.25) is 4.79 Å². The molecule has 149 valence electrons. The van der Waals surface area contributed by atoms with Crippen LogP contribution in [0.3, 0.4) is 0 Å². The highest BCUT2D eigenvalue weighted by molar-refractivity contribution is 9.10. The zero-order valence-electron chi connectivity index (χ0n) is 16.0. The number of rotatable bonds is 3. The van der Waals surface area contributed by atoms with Crippen molar-refractivity contribution in [3.63, 3.8) is 0 Å². The smallest absolute Gasteiger partial charge is 0.256 e. The highest BCUT2D eigenvalue weighted by Gasteiger charge is 2.22. The van der Waals surface area contributed by atoms with Crippen molar-refractivity contribution < 1.29 is 9.53 Å². The Kier molecular flexibility index (Phi) is 6.04. The number of hydrogen-bond acceptors (Lipinski definition) is 4. The van der Waals surface area contributed by atoms with Gasteiger partial charge < -0.3 is 15.0 Å². The van der Waals surface area contributed by atoms with Gasteiger partial charge in [0.1, 0.15) is 5.82 Å². The Morgan fingerprint density at radius 1 is 1.28 bits per heavy atom. The topological polar surface area (TPSA) is 54.5 Å². The fraction of sp³-hybridized carbons (Fsp3) is 0.273. The van der Waals surface area contributed by atoms with Crippen molar-refractivity contribution in [3.8, 4) is 0 Å². The molecule has 0 bridgehead atoms. The van der Waals surface area contributed by atoms with Gasteiger partial charge in [-0.15, -0.1) is 0 Å². The third-order valence-corrected chi connectivity index (χ3v) is 5.66. The summed E-state index contributed by atoms with van der Waals surface area (Å²) in [6.07, 6.45) is 0.931. The lowest BCUT2D eigenvalue weighted by molar-refractivity contribution is 0.102. The first kappa shape index (κ1) is 20.1. The molecule has 1 aliphatic heterocycles. The van der Waals surface area contributed by atoms with E-state index in [4.69, 9.17) is 21.3 Å². The van der Waals surface area contributed by atoms with Crippen LogP contribution in [0.1, 0.15) is 22.3 Å². The predicted molar refractivity (Wildman–Crippen MR) is 120 cm³/mol. The highest BCUT2D eigenvalue weighted by Crippen LogP contribution is 2.31. The van der Waals surface area contributed by atoms with Gasteiger partial charge in [-0.25, -0.2) is 4.98 Å². The number of anilines is 2. The molecule has 2 aromatic carbocycles. The summed E-state index contributed by atoms with van der Waals surface area (Å²) < 4.78 is 6.48. The molecule has 5 nitrogen and oxygen atoms in total. The van der Waals surface area contributed by atoms with Crippen LogP contribution in [0.15, 0.2) is 40.9 Å². The molecule has 0 aliphatic carbocycles. The summed E-state index contributed by atoms with van der Waals surface area (Å²) in [5.41, 5.74) is 2.82. The van der Waals surface area contributed by atoms with Gasteiger partial charge in [0.05, 0.1) is 17.7 Å². The van der Waals surface area contributed by atoms with Gasteiger partial charge in [-0.1, -0.05) is 27.5 Å². The number of halogens is 2. The first-order valence-electron chi connectivity index (χ1n) is 9.44. The summed E-state index contributed by atoms with van der Waals surface area (Å²) in [5.74, 6) is 0.634. The number of amides is 1. The predicted octanol–water partition coefficient (Wildman–Crippen LogP) is 5.24. The molecule has 1 aliphatic rings. The Morgan fingerprint density at radius 2 is 2.14 bits per heavy atom. The van der Waals surface area contributed by atoms with Gasteiger partial charge in [0, 0.05) is 51.9 Å². The molecule has 1 aromatic heterocycles.